The van der Waals surface area contributed by atoms with Gasteiger partial charge in [-0.25, -0.2) is 0 Å². The molecule has 1 aromatic rings. The van der Waals surface area contributed by atoms with Crippen molar-refractivity contribution in [2.75, 3.05) is 0 Å². The van der Waals surface area contributed by atoms with E-state index in [0.717, 1.165) is 6.42 Å². The minimum absolute atomic E-state index is 0.275. The number of rotatable bonds is 2. The maximum atomic E-state index is 2.49. The summed E-state index contributed by atoms with van der Waals surface area (Å²) in [5.74, 6) is 0. The quantitative estimate of drug-likeness (QED) is 0.542. The molecule has 0 spiro atoms. The SMILES string of the molecule is CCC(I)(I)c1ccccc1. The Labute approximate surface area is 95.0 Å². The van der Waals surface area contributed by atoms with Crippen molar-refractivity contribution in [1.82, 2.24) is 0 Å². The van der Waals surface area contributed by atoms with Crippen molar-refractivity contribution >= 4 is 45.2 Å². The fraction of sp³-hybridized carbons (Fsp3) is 0.333. The molecule has 0 nitrogen and oxygen atoms in total. The van der Waals surface area contributed by atoms with Crippen LogP contribution in [0.25, 0.3) is 0 Å². The minimum atomic E-state index is 0.275. The lowest BCUT2D eigenvalue weighted by Gasteiger charge is -2.18. The van der Waals surface area contributed by atoms with E-state index in [9.17, 15) is 0 Å². The lowest BCUT2D eigenvalue weighted by molar-refractivity contribution is 0.899. The van der Waals surface area contributed by atoms with E-state index in [1.54, 1.807) is 0 Å². The largest absolute Gasteiger partial charge is 0.0979 e. The number of benzene rings is 1. The van der Waals surface area contributed by atoms with E-state index < -0.39 is 0 Å². The minimum Gasteiger partial charge on any atom is -0.0630 e. The topological polar surface area (TPSA) is 0 Å². The summed E-state index contributed by atoms with van der Waals surface area (Å²) >= 11 is 4.98. The van der Waals surface area contributed by atoms with Crippen LogP contribution in [0, 0.1) is 0 Å². The molecule has 0 unspecified atom stereocenters. The fourth-order valence-corrected chi connectivity index (χ4v) is 1.61. The third-order valence-corrected chi connectivity index (χ3v) is 4.41. The van der Waals surface area contributed by atoms with E-state index in [-0.39, 0.29) is 1.43 Å². The molecule has 0 aliphatic rings. The zero-order chi connectivity index (χ0) is 8.32. The second kappa shape index (κ2) is 4.07. The Morgan fingerprint density at radius 3 is 2.18 bits per heavy atom. The summed E-state index contributed by atoms with van der Waals surface area (Å²) in [4.78, 5) is 0. The van der Waals surface area contributed by atoms with Crippen LogP contribution in [0.15, 0.2) is 30.3 Å². The summed E-state index contributed by atoms with van der Waals surface area (Å²) in [6.07, 6.45) is 1.16. The van der Waals surface area contributed by atoms with E-state index in [1.165, 1.54) is 5.56 Å². The zero-order valence-corrected chi connectivity index (χ0v) is 10.7. The van der Waals surface area contributed by atoms with Crippen LogP contribution in [0.4, 0.5) is 0 Å². The number of hydrogen-bond donors (Lipinski definition) is 0. The highest BCUT2D eigenvalue weighted by Crippen LogP contribution is 2.41. The highest BCUT2D eigenvalue weighted by molar-refractivity contribution is 14.2. The van der Waals surface area contributed by atoms with E-state index in [0.29, 0.717) is 0 Å². The van der Waals surface area contributed by atoms with Gasteiger partial charge in [-0.1, -0.05) is 82.4 Å². The summed E-state index contributed by atoms with van der Waals surface area (Å²) in [5, 5.41) is 0. The number of alkyl halides is 2. The predicted octanol–water partition coefficient (Wildman–Crippen LogP) is 4.12. The Balaban J connectivity index is 2.93. The van der Waals surface area contributed by atoms with Crippen LogP contribution in [0.2, 0.25) is 0 Å². The first-order valence-corrected chi connectivity index (χ1v) is 5.76. The average molecular weight is 372 g/mol. The highest BCUT2D eigenvalue weighted by Gasteiger charge is 2.21. The molecular weight excluding hydrogens is 362 g/mol. The molecule has 0 saturated carbocycles. The Kier molecular flexibility index (Phi) is 3.61. The molecule has 0 aliphatic heterocycles. The van der Waals surface area contributed by atoms with E-state index >= 15 is 0 Å². The Morgan fingerprint density at radius 1 is 1.18 bits per heavy atom. The second-order valence-corrected chi connectivity index (χ2v) is 8.17. The monoisotopic (exact) mass is 372 g/mol. The third-order valence-electron chi connectivity index (χ3n) is 1.64. The molecule has 0 aromatic heterocycles. The standard InChI is InChI=1S/C9H10I2/c1-2-9(10,11)8-6-4-3-5-7-8/h3-7H,2H2,1H3. The van der Waals surface area contributed by atoms with Crippen LogP contribution in [0.1, 0.15) is 18.9 Å². The van der Waals surface area contributed by atoms with Crippen LogP contribution in [0.3, 0.4) is 0 Å². The molecule has 11 heavy (non-hydrogen) atoms. The molecule has 0 saturated heterocycles. The van der Waals surface area contributed by atoms with Crippen LogP contribution in [-0.2, 0) is 1.43 Å². The van der Waals surface area contributed by atoms with Crippen molar-refractivity contribution in [3.05, 3.63) is 35.9 Å². The van der Waals surface area contributed by atoms with Crippen LogP contribution >= 0.6 is 45.2 Å². The maximum Gasteiger partial charge on any atom is 0.0979 e. The molecule has 0 N–H and O–H groups in total. The zero-order valence-electron chi connectivity index (χ0n) is 6.35. The van der Waals surface area contributed by atoms with Crippen LogP contribution in [0.5, 0.6) is 0 Å². The van der Waals surface area contributed by atoms with Crippen molar-refractivity contribution in [3.8, 4) is 0 Å². The van der Waals surface area contributed by atoms with Gasteiger partial charge in [0.1, 0.15) is 0 Å². The van der Waals surface area contributed by atoms with Crippen molar-refractivity contribution in [3.63, 3.8) is 0 Å². The Morgan fingerprint density at radius 2 is 1.73 bits per heavy atom. The Hall–Kier alpha value is 0.680. The third kappa shape index (κ3) is 2.57. The van der Waals surface area contributed by atoms with E-state index in [4.69, 9.17) is 0 Å². The first-order valence-electron chi connectivity index (χ1n) is 3.60. The fourth-order valence-electron chi connectivity index (χ4n) is 0.886. The molecule has 0 bridgehead atoms. The molecule has 0 aliphatic carbocycles. The van der Waals surface area contributed by atoms with Gasteiger partial charge in [-0.3, -0.25) is 0 Å². The van der Waals surface area contributed by atoms with Gasteiger partial charge in [-0.15, -0.1) is 0 Å². The van der Waals surface area contributed by atoms with E-state index in [1.807, 2.05) is 0 Å². The second-order valence-electron chi connectivity index (χ2n) is 2.42. The van der Waals surface area contributed by atoms with Gasteiger partial charge in [-0.2, -0.15) is 0 Å². The van der Waals surface area contributed by atoms with Gasteiger partial charge in [0.25, 0.3) is 0 Å². The normalized spacial score (nSPS) is 11.5. The lowest BCUT2D eigenvalue weighted by Crippen LogP contribution is -2.05. The molecule has 0 amide bonds. The first kappa shape index (κ1) is 9.77. The van der Waals surface area contributed by atoms with Crippen LogP contribution in [-0.4, -0.2) is 0 Å². The summed E-state index contributed by atoms with van der Waals surface area (Å²) < 4.78 is 0.275. The van der Waals surface area contributed by atoms with E-state index in [2.05, 4.69) is 82.4 Å². The molecule has 0 atom stereocenters. The van der Waals surface area contributed by atoms with Crippen molar-refractivity contribution in [1.29, 1.82) is 0 Å². The molecule has 0 radical (unpaired) electrons. The predicted molar refractivity (Wildman–Crippen MR) is 66.5 cm³/mol. The maximum absolute atomic E-state index is 2.49. The molecule has 1 rings (SSSR count). The van der Waals surface area contributed by atoms with Crippen molar-refractivity contribution in [2.45, 2.75) is 14.8 Å². The molecule has 1 aromatic carbocycles. The summed E-state index contributed by atoms with van der Waals surface area (Å²) in [6.45, 7) is 2.21. The lowest BCUT2D eigenvalue weighted by atomic mass is 10.1. The van der Waals surface area contributed by atoms with Gasteiger partial charge in [-0.05, 0) is 12.0 Å². The van der Waals surface area contributed by atoms with Gasteiger partial charge in [0, 0.05) is 0 Å². The molecule has 0 fully saturated rings. The van der Waals surface area contributed by atoms with Gasteiger partial charge < -0.3 is 0 Å². The van der Waals surface area contributed by atoms with Crippen molar-refractivity contribution in [2.24, 2.45) is 0 Å². The highest BCUT2D eigenvalue weighted by atomic mass is 127. The number of halogens is 2. The van der Waals surface area contributed by atoms with Crippen molar-refractivity contribution < 1.29 is 0 Å². The molecule has 60 valence electrons. The van der Waals surface area contributed by atoms with Gasteiger partial charge in [0.15, 0.2) is 0 Å². The Bertz CT molecular complexity index is 216. The summed E-state index contributed by atoms with van der Waals surface area (Å²) in [5.41, 5.74) is 1.41. The van der Waals surface area contributed by atoms with Gasteiger partial charge in [0.2, 0.25) is 0 Å². The van der Waals surface area contributed by atoms with Gasteiger partial charge in [0.05, 0.1) is 1.43 Å². The summed E-state index contributed by atoms with van der Waals surface area (Å²) in [7, 11) is 0. The first-order chi connectivity index (χ1) is 5.17. The smallest absolute Gasteiger partial charge is 0.0630 e. The van der Waals surface area contributed by atoms with Gasteiger partial charge >= 0.3 is 0 Å². The summed E-state index contributed by atoms with van der Waals surface area (Å²) in [6, 6.07) is 10.6. The molecule has 0 heterocycles. The molecular formula is C9H10I2. The number of hydrogen-bond acceptors (Lipinski definition) is 0. The molecule has 2 heteroatoms. The average Bonchev–Trinajstić information content (AvgIpc) is 2.06. The van der Waals surface area contributed by atoms with Crippen LogP contribution < -0.4 is 0 Å².